The maximum absolute atomic E-state index is 12.1. The standard InChI is InChI=1S/C24H44N4O8/c1-23(2,3)35-21(33)15(25)10-12-18(29)27-14-8-7-9-17(20(31)32)28-19(30)13-11-16(26)22(34)36-24(4,5)6/h15-17H,7-14,25-26H2,1-6H3,(H,27,29)(H,28,30)(H,31,32)/t15-,16-,17-/m0/s1. The number of ether oxygens (including phenoxy) is 2. The molecule has 0 bridgehead atoms. The lowest BCUT2D eigenvalue weighted by Gasteiger charge is -2.22. The summed E-state index contributed by atoms with van der Waals surface area (Å²) in [7, 11) is 0. The van der Waals surface area contributed by atoms with Crippen LogP contribution in [0.15, 0.2) is 0 Å². The second-order valence-electron chi connectivity index (χ2n) is 10.7. The summed E-state index contributed by atoms with van der Waals surface area (Å²) in [6.45, 7) is 10.6. The molecule has 12 heteroatoms. The lowest BCUT2D eigenvalue weighted by atomic mass is 10.1. The van der Waals surface area contributed by atoms with Crippen LogP contribution >= 0.6 is 0 Å². The van der Waals surface area contributed by atoms with Gasteiger partial charge in [-0.1, -0.05) is 0 Å². The van der Waals surface area contributed by atoms with Crippen LogP contribution in [0.1, 0.15) is 86.5 Å². The van der Waals surface area contributed by atoms with Gasteiger partial charge in [-0.15, -0.1) is 0 Å². The summed E-state index contributed by atoms with van der Waals surface area (Å²) >= 11 is 0. The Morgan fingerprint density at radius 3 is 1.61 bits per heavy atom. The molecule has 0 aromatic rings. The highest BCUT2D eigenvalue weighted by Crippen LogP contribution is 2.11. The molecule has 3 atom stereocenters. The summed E-state index contributed by atoms with van der Waals surface area (Å²) in [6.07, 6.45) is 1.20. The summed E-state index contributed by atoms with van der Waals surface area (Å²) in [6, 6.07) is -2.98. The van der Waals surface area contributed by atoms with Gasteiger partial charge in [0.05, 0.1) is 0 Å². The second-order valence-corrected chi connectivity index (χ2v) is 10.7. The maximum Gasteiger partial charge on any atom is 0.326 e. The number of nitrogens with one attached hydrogen (secondary N) is 2. The number of aliphatic carboxylic acids is 1. The molecule has 0 aromatic carbocycles. The van der Waals surface area contributed by atoms with E-state index in [1.807, 2.05) is 0 Å². The molecule has 12 nitrogen and oxygen atoms in total. The highest BCUT2D eigenvalue weighted by molar-refractivity contribution is 5.84. The SMILES string of the molecule is CC(C)(C)OC(=O)[C@@H](N)CCC(=O)NCCCC[C@H](NC(=O)CC[C@H](N)C(=O)OC(C)(C)C)C(=O)O. The van der Waals surface area contributed by atoms with Gasteiger partial charge in [-0.3, -0.25) is 19.2 Å². The molecule has 36 heavy (non-hydrogen) atoms. The van der Waals surface area contributed by atoms with Gasteiger partial charge in [0.1, 0.15) is 29.3 Å². The van der Waals surface area contributed by atoms with Crippen molar-refractivity contribution in [1.82, 2.24) is 10.6 Å². The highest BCUT2D eigenvalue weighted by atomic mass is 16.6. The molecule has 0 aromatic heterocycles. The Hall–Kier alpha value is -2.73. The van der Waals surface area contributed by atoms with Gasteiger partial charge in [-0.05, 0) is 73.6 Å². The highest BCUT2D eigenvalue weighted by Gasteiger charge is 2.25. The van der Waals surface area contributed by atoms with Crippen molar-refractivity contribution < 1.29 is 38.6 Å². The number of rotatable bonds is 15. The number of carbonyl (C=O) groups excluding carboxylic acids is 4. The van der Waals surface area contributed by atoms with E-state index in [0.717, 1.165) is 0 Å². The van der Waals surface area contributed by atoms with Crippen LogP contribution in [-0.4, -0.2) is 70.7 Å². The van der Waals surface area contributed by atoms with Crippen molar-refractivity contribution in [2.75, 3.05) is 6.54 Å². The van der Waals surface area contributed by atoms with Crippen LogP contribution in [0.3, 0.4) is 0 Å². The molecule has 208 valence electrons. The molecule has 0 aliphatic heterocycles. The summed E-state index contributed by atoms with van der Waals surface area (Å²) in [4.78, 5) is 59.2. The number of carboxylic acids is 1. The molecule has 0 saturated carbocycles. The first kappa shape index (κ1) is 33.3. The van der Waals surface area contributed by atoms with Gasteiger partial charge >= 0.3 is 17.9 Å². The molecule has 7 N–H and O–H groups in total. The van der Waals surface area contributed by atoms with Crippen LogP contribution in [0, 0.1) is 0 Å². The van der Waals surface area contributed by atoms with E-state index in [1.54, 1.807) is 41.5 Å². The molecular weight excluding hydrogens is 472 g/mol. The monoisotopic (exact) mass is 516 g/mol. The molecule has 0 aliphatic rings. The van der Waals surface area contributed by atoms with Crippen LogP contribution in [0.5, 0.6) is 0 Å². The second kappa shape index (κ2) is 15.4. The Morgan fingerprint density at radius 1 is 0.750 bits per heavy atom. The molecule has 0 fully saturated rings. The van der Waals surface area contributed by atoms with Crippen LogP contribution in [0.2, 0.25) is 0 Å². The van der Waals surface area contributed by atoms with Crippen molar-refractivity contribution in [3.8, 4) is 0 Å². The number of carbonyl (C=O) groups is 5. The van der Waals surface area contributed by atoms with E-state index in [9.17, 15) is 29.1 Å². The number of hydrogen-bond acceptors (Lipinski definition) is 9. The number of carboxylic acid groups (broad SMARTS) is 1. The fourth-order valence-corrected chi connectivity index (χ4v) is 2.88. The van der Waals surface area contributed by atoms with E-state index in [0.29, 0.717) is 19.4 Å². The van der Waals surface area contributed by atoms with E-state index in [4.69, 9.17) is 20.9 Å². The van der Waals surface area contributed by atoms with Crippen molar-refractivity contribution in [2.45, 2.75) is 116 Å². The zero-order valence-electron chi connectivity index (χ0n) is 22.3. The Morgan fingerprint density at radius 2 is 1.19 bits per heavy atom. The van der Waals surface area contributed by atoms with Crippen molar-refractivity contribution in [1.29, 1.82) is 0 Å². The van der Waals surface area contributed by atoms with Crippen LogP contribution < -0.4 is 22.1 Å². The van der Waals surface area contributed by atoms with E-state index >= 15 is 0 Å². The van der Waals surface area contributed by atoms with Crippen LogP contribution in [-0.2, 0) is 33.4 Å². The van der Waals surface area contributed by atoms with E-state index in [1.165, 1.54) is 0 Å². The predicted octanol–water partition coefficient (Wildman–Crippen LogP) is 0.741. The summed E-state index contributed by atoms with van der Waals surface area (Å²) in [5.41, 5.74) is 10.1. The Balaban J connectivity index is 4.24. The van der Waals surface area contributed by atoms with Gasteiger partial charge in [0.25, 0.3) is 0 Å². The third-order valence-electron chi connectivity index (χ3n) is 4.66. The maximum atomic E-state index is 12.1. The third kappa shape index (κ3) is 16.8. The molecule has 0 saturated heterocycles. The number of nitrogens with two attached hydrogens (primary N) is 2. The molecule has 0 aliphatic carbocycles. The zero-order chi connectivity index (χ0) is 28.1. The van der Waals surface area contributed by atoms with Gasteiger partial charge in [0, 0.05) is 19.4 Å². The topological polar surface area (TPSA) is 200 Å². The zero-order valence-corrected chi connectivity index (χ0v) is 22.3. The Kier molecular flexibility index (Phi) is 14.2. The first-order valence-corrected chi connectivity index (χ1v) is 12.2. The van der Waals surface area contributed by atoms with Gasteiger partial charge in [-0.25, -0.2) is 4.79 Å². The minimum atomic E-state index is -1.18. The predicted molar refractivity (Wildman–Crippen MR) is 133 cm³/mol. The fourth-order valence-electron chi connectivity index (χ4n) is 2.88. The lowest BCUT2D eigenvalue weighted by molar-refractivity contribution is -0.157. The normalized spacial score (nSPS) is 14.2. The average molecular weight is 517 g/mol. The van der Waals surface area contributed by atoms with Crippen molar-refractivity contribution in [3.63, 3.8) is 0 Å². The molecule has 0 rings (SSSR count). The van der Waals surface area contributed by atoms with Gasteiger partial charge in [-0.2, -0.15) is 0 Å². The first-order chi connectivity index (χ1) is 16.4. The summed E-state index contributed by atoms with van der Waals surface area (Å²) in [5, 5.41) is 14.5. The van der Waals surface area contributed by atoms with Crippen molar-refractivity contribution in [2.24, 2.45) is 11.5 Å². The summed E-state index contributed by atoms with van der Waals surface area (Å²) in [5.74, 6) is -3.18. The van der Waals surface area contributed by atoms with Crippen molar-refractivity contribution in [3.05, 3.63) is 0 Å². The molecule has 0 radical (unpaired) electrons. The quantitative estimate of drug-likeness (QED) is 0.153. The number of esters is 2. The van der Waals surface area contributed by atoms with Crippen LogP contribution in [0.25, 0.3) is 0 Å². The molecular formula is C24H44N4O8. The summed E-state index contributed by atoms with van der Waals surface area (Å²) < 4.78 is 10.3. The third-order valence-corrected chi connectivity index (χ3v) is 4.66. The Bertz CT molecular complexity index is 758. The lowest BCUT2D eigenvalue weighted by Crippen LogP contribution is -2.42. The number of unbranched alkanes of at least 4 members (excludes halogenated alkanes) is 1. The van der Waals surface area contributed by atoms with Gasteiger partial charge in [0.15, 0.2) is 0 Å². The minimum Gasteiger partial charge on any atom is -0.480 e. The molecule has 0 heterocycles. The van der Waals surface area contributed by atoms with Gasteiger partial charge < -0.3 is 36.7 Å². The first-order valence-electron chi connectivity index (χ1n) is 12.2. The molecule has 0 unspecified atom stereocenters. The largest absolute Gasteiger partial charge is 0.480 e. The van der Waals surface area contributed by atoms with Crippen molar-refractivity contribution >= 4 is 29.7 Å². The fraction of sp³-hybridized carbons (Fsp3) is 0.792. The van der Waals surface area contributed by atoms with E-state index < -0.39 is 53.1 Å². The molecule has 0 spiro atoms. The van der Waals surface area contributed by atoms with Gasteiger partial charge in [0.2, 0.25) is 11.8 Å². The number of amides is 2. The smallest absolute Gasteiger partial charge is 0.326 e. The van der Waals surface area contributed by atoms with E-state index in [-0.39, 0.29) is 38.0 Å². The van der Waals surface area contributed by atoms with Crippen LogP contribution in [0.4, 0.5) is 0 Å². The van der Waals surface area contributed by atoms with E-state index in [2.05, 4.69) is 10.6 Å². The molecule has 2 amide bonds. The minimum absolute atomic E-state index is 0.0245. The average Bonchev–Trinajstić information content (AvgIpc) is 2.71. The Labute approximate surface area is 213 Å². The number of hydrogen-bond donors (Lipinski definition) is 5.